The van der Waals surface area contributed by atoms with Crippen LogP contribution in [0.5, 0.6) is 23.0 Å². The first-order valence-corrected chi connectivity index (χ1v) is 11.4. The second kappa shape index (κ2) is 12.2. The van der Waals surface area contributed by atoms with Crippen molar-refractivity contribution in [2.24, 2.45) is 0 Å². The molecule has 1 unspecified atom stereocenters. The Bertz CT molecular complexity index is 963. The molecule has 0 saturated carbocycles. The molecule has 184 valence electrons. The summed E-state index contributed by atoms with van der Waals surface area (Å²) in [7, 11) is 3.20. The minimum Gasteiger partial charge on any atom is -0.497 e. The minimum absolute atomic E-state index is 0.0552. The fourth-order valence-corrected chi connectivity index (χ4v) is 3.94. The van der Waals surface area contributed by atoms with E-state index in [1.165, 1.54) is 0 Å². The summed E-state index contributed by atoms with van der Waals surface area (Å²) >= 11 is 0. The van der Waals surface area contributed by atoms with Gasteiger partial charge >= 0.3 is 0 Å². The number of benzene rings is 2. The van der Waals surface area contributed by atoms with E-state index in [1.807, 2.05) is 24.0 Å². The molecule has 2 aromatic rings. The van der Waals surface area contributed by atoms with Gasteiger partial charge in [-0.25, -0.2) is 0 Å². The van der Waals surface area contributed by atoms with Crippen molar-refractivity contribution in [3.8, 4) is 23.0 Å². The van der Waals surface area contributed by atoms with Crippen LogP contribution in [0.3, 0.4) is 0 Å². The molecule has 1 heterocycles. The van der Waals surface area contributed by atoms with E-state index in [4.69, 9.17) is 18.9 Å². The number of methoxy groups -OCH3 is 2. The lowest BCUT2D eigenvalue weighted by molar-refractivity contribution is -0.131. The maximum atomic E-state index is 12.8. The predicted molar refractivity (Wildman–Crippen MR) is 131 cm³/mol. The van der Waals surface area contributed by atoms with E-state index in [9.17, 15) is 9.90 Å². The summed E-state index contributed by atoms with van der Waals surface area (Å²) in [6.45, 7) is 7.87. The Balaban J connectivity index is 1.83. The Morgan fingerprint density at radius 2 is 1.79 bits per heavy atom. The van der Waals surface area contributed by atoms with Crippen LogP contribution in [0.4, 0.5) is 5.69 Å². The van der Waals surface area contributed by atoms with Gasteiger partial charge in [0.25, 0.3) is 0 Å². The Morgan fingerprint density at radius 1 is 1.06 bits per heavy atom. The molecule has 0 spiro atoms. The van der Waals surface area contributed by atoms with Gasteiger partial charge in [0.2, 0.25) is 5.91 Å². The highest BCUT2D eigenvalue weighted by molar-refractivity contribution is 5.79. The normalized spacial score (nSPS) is 14.5. The largest absolute Gasteiger partial charge is 0.497 e. The van der Waals surface area contributed by atoms with Gasteiger partial charge in [-0.2, -0.15) is 0 Å². The highest BCUT2D eigenvalue weighted by Crippen LogP contribution is 2.40. The average Bonchev–Trinajstić information content (AvgIpc) is 2.86. The van der Waals surface area contributed by atoms with Crippen LogP contribution in [-0.2, 0) is 11.3 Å². The lowest BCUT2D eigenvalue weighted by atomic mass is 10.1. The van der Waals surface area contributed by atoms with Crippen molar-refractivity contribution in [2.75, 3.05) is 52.0 Å². The lowest BCUT2D eigenvalue weighted by Gasteiger charge is -2.35. The maximum Gasteiger partial charge on any atom is 0.224 e. The Labute approximate surface area is 201 Å². The molecule has 0 bridgehead atoms. The van der Waals surface area contributed by atoms with E-state index in [1.54, 1.807) is 49.5 Å². The van der Waals surface area contributed by atoms with Gasteiger partial charge < -0.3 is 33.9 Å². The number of aliphatic hydroxyl groups excluding tert-OH is 1. The molecule has 0 radical (unpaired) electrons. The molecule has 8 heteroatoms. The Hall–Kier alpha value is -3.39. The van der Waals surface area contributed by atoms with Gasteiger partial charge in [-0.15, -0.1) is 0 Å². The third-order valence-electron chi connectivity index (χ3n) is 5.72. The number of anilines is 1. The summed E-state index contributed by atoms with van der Waals surface area (Å²) in [6.07, 6.45) is 1.25. The van der Waals surface area contributed by atoms with E-state index in [-0.39, 0.29) is 12.5 Å². The zero-order valence-corrected chi connectivity index (χ0v) is 20.2. The molecular formula is C26H34N2O6. The number of hydrogen-bond donors (Lipinski definition) is 1. The van der Waals surface area contributed by atoms with Crippen molar-refractivity contribution in [2.45, 2.75) is 26.0 Å². The average molecular weight is 471 g/mol. The third-order valence-corrected chi connectivity index (χ3v) is 5.72. The molecule has 2 aromatic carbocycles. The van der Waals surface area contributed by atoms with Crippen molar-refractivity contribution in [3.05, 3.63) is 54.6 Å². The summed E-state index contributed by atoms with van der Waals surface area (Å²) in [6, 6.07) is 11.0. The molecule has 8 nitrogen and oxygen atoms in total. The fourth-order valence-electron chi connectivity index (χ4n) is 3.94. The molecule has 0 aromatic heterocycles. The highest BCUT2D eigenvalue weighted by atomic mass is 16.5. The van der Waals surface area contributed by atoms with Crippen molar-refractivity contribution in [3.63, 3.8) is 0 Å². The van der Waals surface area contributed by atoms with Gasteiger partial charge in [0.1, 0.15) is 30.8 Å². The van der Waals surface area contributed by atoms with Gasteiger partial charge in [-0.3, -0.25) is 4.79 Å². The first-order valence-electron chi connectivity index (χ1n) is 11.4. The molecule has 0 aliphatic carbocycles. The number of carbonyl (C=O) groups is 1. The summed E-state index contributed by atoms with van der Waals surface area (Å²) in [5.41, 5.74) is 1.74. The summed E-state index contributed by atoms with van der Waals surface area (Å²) in [5.74, 6) is 2.61. The molecule has 1 aliphatic rings. The van der Waals surface area contributed by atoms with Gasteiger partial charge in [0, 0.05) is 37.3 Å². The number of rotatable bonds is 11. The first kappa shape index (κ1) is 25.2. The van der Waals surface area contributed by atoms with Crippen LogP contribution in [0.15, 0.2) is 49.1 Å². The van der Waals surface area contributed by atoms with Gasteiger partial charge in [-0.1, -0.05) is 12.7 Å². The SMILES string of the molecule is C=CCOc1c(OC)ccc2c1CN(CC)C(=O)CCN2CC(O)COc1ccc(OC)cc1. The number of β-amino-alcohol motifs (C(OH)–C–C–N with tert-alkyl or cyclic N) is 1. The van der Waals surface area contributed by atoms with Crippen molar-refractivity contribution in [1.29, 1.82) is 0 Å². The summed E-state index contributed by atoms with van der Waals surface area (Å²) in [4.78, 5) is 16.6. The molecule has 0 fully saturated rings. The monoisotopic (exact) mass is 470 g/mol. The van der Waals surface area contributed by atoms with Crippen LogP contribution >= 0.6 is 0 Å². The van der Waals surface area contributed by atoms with Crippen LogP contribution < -0.4 is 23.8 Å². The zero-order chi connectivity index (χ0) is 24.5. The Morgan fingerprint density at radius 3 is 2.44 bits per heavy atom. The molecule has 1 aliphatic heterocycles. The van der Waals surface area contributed by atoms with E-state index in [2.05, 4.69) is 6.58 Å². The van der Waals surface area contributed by atoms with Gasteiger partial charge in [0.15, 0.2) is 11.5 Å². The van der Waals surface area contributed by atoms with Crippen LogP contribution in [0.1, 0.15) is 18.9 Å². The number of ether oxygens (including phenoxy) is 4. The van der Waals surface area contributed by atoms with Crippen LogP contribution in [-0.4, -0.2) is 69.1 Å². The quantitative estimate of drug-likeness (QED) is 0.505. The molecule has 3 rings (SSSR count). The van der Waals surface area contributed by atoms with E-state index in [0.29, 0.717) is 56.5 Å². The molecule has 0 saturated heterocycles. The van der Waals surface area contributed by atoms with Crippen molar-refractivity contribution in [1.82, 2.24) is 4.90 Å². The minimum atomic E-state index is -0.772. The molecule has 1 atom stereocenters. The van der Waals surface area contributed by atoms with E-state index in [0.717, 1.165) is 17.0 Å². The van der Waals surface area contributed by atoms with Gasteiger partial charge in [-0.05, 0) is 43.3 Å². The zero-order valence-electron chi connectivity index (χ0n) is 20.2. The number of aliphatic hydroxyl groups is 1. The summed E-state index contributed by atoms with van der Waals surface area (Å²) < 4.78 is 22.4. The van der Waals surface area contributed by atoms with Crippen LogP contribution in [0.25, 0.3) is 0 Å². The van der Waals surface area contributed by atoms with Crippen LogP contribution in [0, 0.1) is 0 Å². The maximum absolute atomic E-state index is 12.8. The van der Waals surface area contributed by atoms with Gasteiger partial charge in [0.05, 0.1) is 20.8 Å². The number of carbonyl (C=O) groups excluding carboxylic acids is 1. The molecule has 1 amide bonds. The lowest BCUT2D eigenvalue weighted by Crippen LogP contribution is -2.42. The standard InChI is InChI=1S/C26H34N2O6/c1-5-15-33-26-22-17-27(6-2)25(30)13-14-28(23(22)11-12-24(26)32-4)16-19(29)18-34-21-9-7-20(31-3)8-10-21/h5,7-12,19,29H,1,6,13-18H2,2-4H3. The predicted octanol–water partition coefficient (Wildman–Crippen LogP) is 3.27. The molecular weight excluding hydrogens is 436 g/mol. The van der Waals surface area contributed by atoms with Crippen LogP contribution in [0.2, 0.25) is 0 Å². The van der Waals surface area contributed by atoms with Crippen molar-refractivity contribution >= 4 is 11.6 Å². The number of fused-ring (bicyclic) bond motifs is 1. The van der Waals surface area contributed by atoms with E-state index < -0.39 is 6.10 Å². The van der Waals surface area contributed by atoms with E-state index >= 15 is 0 Å². The Kier molecular flexibility index (Phi) is 9.04. The number of nitrogens with zero attached hydrogens (tertiary/aromatic N) is 2. The smallest absolute Gasteiger partial charge is 0.224 e. The molecule has 1 N–H and O–H groups in total. The second-order valence-corrected chi connectivity index (χ2v) is 7.94. The number of hydrogen-bond acceptors (Lipinski definition) is 7. The first-order chi connectivity index (χ1) is 16.5. The van der Waals surface area contributed by atoms with Crippen molar-refractivity contribution < 1.29 is 28.8 Å². The fraction of sp³-hybridized carbons (Fsp3) is 0.423. The molecule has 34 heavy (non-hydrogen) atoms. The third kappa shape index (κ3) is 6.14. The second-order valence-electron chi connectivity index (χ2n) is 7.94. The highest BCUT2D eigenvalue weighted by Gasteiger charge is 2.27. The number of amides is 1. The summed E-state index contributed by atoms with van der Waals surface area (Å²) in [5, 5.41) is 10.8. The topological polar surface area (TPSA) is 80.7 Å².